The van der Waals surface area contributed by atoms with Crippen molar-refractivity contribution in [2.24, 2.45) is 0 Å². The molecular weight excluding hydrogens is 245 g/mol. The lowest BCUT2D eigenvalue weighted by molar-refractivity contribution is -0.117. The van der Waals surface area contributed by atoms with Crippen molar-refractivity contribution in [2.75, 3.05) is 30.7 Å². The Morgan fingerprint density at radius 1 is 1.53 bits per heavy atom. The van der Waals surface area contributed by atoms with Crippen molar-refractivity contribution in [1.29, 1.82) is 0 Å². The van der Waals surface area contributed by atoms with Gasteiger partial charge in [0.15, 0.2) is 0 Å². The zero-order valence-electron chi connectivity index (χ0n) is 10.9. The van der Waals surface area contributed by atoms with E-state index in [0.29, 0.717) is 17.9 Å². The summed E-state index contributed by atoms with van der Waals surface area (Å²) in [4.78, 5) is 13.9. The Morgan fingerprint density at radius 3 is 3.00 bits per heavy atom. The number of amides is 1. The number of carbonyl (C=O) groups excluding carboxylic acids is 1. The predicted octanol–water partition coefficient (Wildman–Crippen LogP) is 2.00. The molecule has 102 valence electrons. The zero-order valence-corrected chi connectivity index (χ0v) is 10.9. The molecule has 3 N–H and O–H groups in total. The van der Waals surface area contributed by atoms with E-state index in [1.807, 2.05) is 4.90 Å². The van der Waals surface area contributed by atoms with Crippen LogP contribution < -0.4 is 11.1 Å². The van der Waals surface area contributed by atoms with Crippen LogP contribution in [0.4, 0.5) is 15.8 Å². The van der Waals surface area contributed by atoms with E-state index in [9.17, 15) is 9.18 Å². The van der Waals surface area contributed by atoms with Gasteiger partial charge in [0.25, 0.3) is 0 Å². The molecule has 0 fully saturated rings. The van der Waals surface area contributed by atoms with Crippen molar-refractivity contribution in [3.63, 3.8) is 0 Å². The molecule has 0 saturated carbocycles. The fourth-order valence-corrected chi connectivity index (χ4v) is 1.99. The quantitative estimate of drug-likeness (QED) is 0.647. The highest BCUT2D eigenvalue weighted by molar-refractivity contribution is 5.95. The molecule has 19 heavy (non-hydrogen) atoms. The van der Waals surface area contributed by atoms with Crippen LogP contribution in [0.1, 0.15) is 13.3 Å². The van der Waals surface area contributed by atoms with Crippen LogP contribution in [0, 0.1) is 5.82 Å². The van der Waals surface area contributed by atoms with Crippen molar-refractivity contribution in [3.8, 4) is 0 Å². The number of nitrogens with zero attached hydrogens (tertiary/aromatic N) is 1. The van der Waals surface area contributed by atoms with Gasteiger partial charge in [0.1, 0.15) is 5.82 Å². The van der Waals surface area contributed by atoms with Crippen LogP contribution in [0.5, 0.6) is 0 Å². The molecule has 1 heterocycles. The van der Waals surface area contributed by atoms with Gasteiger partial charge in [0.05, 0.1) is 17.9 Å². The van der Waals surface area contributed by atoms with Gasteiger partial charge >= 0.3 is 0 Å². The Kier molecular flexibility index (Phi) is 4.16. The van der Waals surface area contributed by atoms with E-state index in [0.717, 1.165) is 19.5 Å². The number of nitrogens with two attached hydrogens (primary N) is 1. The third-order valence-corrected chi connectivity index (χ3v) is 3.18. The highest BCUT2D eigenvalue weighted by atomic mass is 19.1. The minimum atomic E-state index is -0.416. The first-order valence-corrected chi connectivity index (χ1v) is 6.27. The Bertz CT molecular complexity index is 513. The normalized spacial score (nSPS) is 16.0. The minimum Gasteiger partial charge on any atom is -0.397 e. The maximum Gasteiger partial charge on any atom is 0.238 e. The Balaban J connectivity index is 1.92. The lowest BCUT2D eigenvalue weighted by atomic mass is 10.1. The van der Waals surface area contributed by atoms with Gasteiger partial charge in [0, 0.05) is 13.1 Å². The summed E-state index contributed by atoms with van der Waals surface area (Å²) in [5.74, 6) is -0.591. The van der Waals surface area contributed by atoms with Crippen LogP contribution in [0.25, 0.3) is 0 Å². The summed E-state index contributed by atoms with van der Waals surface area (Å²) in [6.45, 7) is 4.02. The second kappa shape index (κ2) is 5.84. The molecule has 2 rings (SSSR count). The lowest BCUT2D eigenvalue weighted by Gasteiger charge is -2.24. The molecular formula is C14H18FN3O. The molecule has 0 radical (unpaired) electrons. The SMILES string of the molecule is CC1=CCN(CC(=O)Nc2cc(F)ccc2N)CC1. The number of nitrogens with one attached hydrogen (secondary N) is 1. The molecule has 1 aliphatic heterocycles. The molecule has 0 saturated heterocycles. The van der Waals surface area contributed by atoms with Crippen LogP contribution in [-0.4, -0.2) is 30.4 Å². The molecule has 1 aromatic carbocycles. The number of hydrogen-bond acceptors (Lipinski definition) is 3. The summed E-state index contributed by atoms with van der Waals surface area (Å²) in [5.41, 5.74) is 7.73. The van der Waals surface area contributed by atoms with Gasteiger partial charge in [0.2, 0.25) is 5.91 Å². The summed E-state index contributed by atoms with van der Waals surface area (Å²) in [5, 5.41) is 2.64. The first-order chi connectivity index (χ1) is 9.04. The second-order valence-electron chi connectivity index (χ2n) is 4.82. The average molecular weight is 263 g/mol. The molecule has 0 bridgehead atoms. The Morgan fingerprint density at radius 2 is 2.32 bits per heavy atom. The summed E-state index contributed by atoms with van der Waals surface area (Å²) in [6.07, 6.45) is 3.10. The van der Waals surface area contributed by atoms with Crippen LogP contribution in [0.2, 0.25) is 0 Å². The van der Waals surface area contributed by atoms with E-state index in [1.165, 1.54) is 23.8 Å². The van der Waals surface area contributed by atoms with Gasteiger partial charge < -0.3 is 11.1 Å². The molecule has 0 unspecified atom stereocenters. The Hall–Kier alpha value is -1.88. The van der Waals surface area contributed by atoms with E-state index in [1.54, 1.807) is 0 Å². The van der Waals surface area contributed by atoms with Crippen LogP contribution in [0.15, 0.2) is 29.8 Å². The van der Waals surface area contributed by atoms with Crippen molar-refractivity contribution in [1.82, 2.24) is 4.90 Å². The lowest BCUT2D eigenvalue weighted by Crippen LogP contribution is -2.36. The third kappa shape index (κ3) is 3.79. The van der Waals surface area contributed by atoms with Crippen LogP contribution in [0.3, 0.4) is 0 Å². The maximum absolute atomic E-state index is 13.1. The summed E-state index contributed by atoms with van der Waals surface area (Å²) in [6, 6.07) is 3.94. The molecule has 4 nitrogen and oxygen atoms in total. The van der Waals surface area contributed by atoms with Gasteiger partial charge in [-0.05, 0) is 31.5 Å². The van der Waals surface area contributed by atoms with Crippen molar-refractivity contribution in [3.05, 3.63) is 35.7 Å². The van der Waals surface area contributed by atoms with Crippen molar-refractivity contribution < 1.29 is 9.18 Å². The summed E-state index contributed by atoms with van der Waals surface area (Å²) < 4.78 is 13.1. The standard InChI is InChI=1S/C14H18FN3O/c1-10-4-6-18(7-5-10)9-14(19)17-13-8-11(15)2-3-12(13)16/h2-4,8H,5-7,9,16H2,1H3,(H,17,19). The number of halogens is 1. The van der Waals surface area contributed by atoms with Gasteiger partial charge in [-0.15, -0.1) is 0 Å². The van der Waals surface area contributed by atoms with E-state index in [-0.39, 0.29) is 5.91 Å². The van der Waals surface area contributed by atoms with Gasteiger partial charge in [-0.3, -0.25) is 9.69 Å². The highest BCUT2D eigenvalue weighted by Gasteiger charge is 2.14. The summed E-state index contributed by atoms with van der Waals surface area (Å²) in [7, 11) is 0. The smallest absolute Gasteiger partial charge is 0.238 e. The third-order valence-electron chi connectivity index (χ3n) is 3.18. The fourth-order valence-electron chi connectivity index (χ4n) is 1.99. The molecule has 0 aromatic heterocycles. The topological polar surface area (TPSA) is 58.4 Å². The Labute approximate surface area is 112 Å². The molecule has 1 aliphatic rings. The predicted molar refractivity (Wildman–Crippen MR) is 74.3 cm³/mol. The van der Waals surface area contributed by atoms with Gasteiger partial charge in [-0.2, -0.15) is 0 Å². The number of carbonyl (C=O) groups is 1. The number of hydrogen-bond donors (Lipinski definition) is 2. The van der Waals surface area contributed by atoms with E-state index in [2.05, 4.69) is 18.3 Å². The zero-order chi connectivity index (χ0) is 13.8. The summed E-state index contributed by atoms with van der Waals surface area (Å²) >= 11 is 0. The largest absolute Gasteiger partial charge is 0.397 e. The van der Waals surface area contributed by atoms with Crippen molar-refractivity contribution >= 4 is 17.3 Å². The first kappa shape index (κ1) is 13.5. The highest BCUT2D eigenvalue weighted by Crippen LogP contribution is 2.19. The molecule has 0 aliphatic carbocycles. The van der Waals surface area contributed by atoms with E-state index < -0.39 is 5.82 Å². The van der Waals surface area contributed by atoms with Gasteiger partial charge in [-0.25, -0.2) is 4.39 Å². The molecule has 5 heteroatoms. The van der Waals surface area contributed by atoms with Crippen LogP contribution >= 0.6 is 0 Å². The number of rotatable bonds is 3. The van der Waals surface area contributed by atoms with Gasteiger partial charge in [-0.1, -0.05) is 11.6 Å². The van der Waals surface area contributed by atoms with E-state index in [4.69, 9.17) is 5.73 Å². The fraction of sp³-hybridized carbons (Fsp3) is 0.357. The van der Waals surface area contributed by atoms with Crippen LogP contribution in [-0.2, 0) is 4.79 Å². The number of benzene rings is 1. The monoisotopic (exact) mass is 263 g/mol. The molecule has 0 atom stereocenters. The second-order valence-corrected chi connectivity index (χ2v) is 4.82. The molecule has 1 amide bonds. The maximum atomic E-state index is 13.1. The van der Waals surface area contributed by atoms with E-state index >= 15 is 0 Å². The number of nitrogen functional groups attached to an aromatic ring is 1. The molecule has 1 aromatic rings. The van der Waals surface area contributed by atoms with Crippen molar-refractivity contribution in [2.45, 2.75) is 13.3 Å². The minimum absolute atomic E-state index is 0.176. The first-order valence-electron chi connectivity index (χ1n) is 6.27. The average Bonchev–Trinajstić information content (AvgIpc) is 2.37. The molecule has 0 spiro atoms. The number of anilines is 2.